The number of carbonyl (C=O) groups excluding carboxylic acids is 1. The van der Waals surface area contributed by atoms with Crippen LogP contribution in [-0.2, 0) is 17.6 Å². The molecule has 4 nitrogen and oxygen atoms in total. The van der Waals surface area contributed by atoms with Crippen LogP contribution in [0.4, 0.5) is 5.00 Å². The number of anilines is 1. The molecule has 0 radical (unpaired) electrons. The molecular formula is C17H23NO3S. The van der Waals surface area contributed by atoms with Gasteiger partial charge < -0.3 is 10.4 Å². The Morgan fingerprint density at radius 2 is 1.91 bits per heavy atom. The molecule has 0 aromatic carbocycles. The number of carboxylic acids is 1. The molecule has 2 aliphatic rings. The summed E-state index contributed by atoms with van der Waals surface area (Å²) in [5.41, 5.74) is 1.28. The maximum absolute atomic E-state index is 12.2. The summed E-state index contributed by atoms with van der Waals surface area (Å²) in [7, 11) is 0. The van der Waals surface area contributed by atoms with Gasteiger partial charge >= 0.3 is 5.97 Å². The molecule has 1 aromatic heterocycles. The van der Waals surface area contributed by atoms with E-state index in [0.717, 1.165) is 36.1 Å². The Balaban J connectivity index is 1.60. The zero-order chi connectivity index (χ0) is 15.5. The van der Waals surface area contributed by atoms with E-state index in [2.05, 4.69) is 5.32 Å². The van der Waals surface area contributed by atoms with Crippen molar-refractivity contribution >= 4 is 28.2 Å². The molecule has 5 heteroatoms. The van der Waals surface area contributed by atoms with Crippen molar-refractivity contribution < 1.29 is 14.7 Å². The predicted octanol–water partition coefficient (Wildman–Crippen LogP) is 4.23. The summed E-state index contributed by atoms with van der Waals surface area (Å²) in [5.74, 6) is -0.276. The highest BCUT2D eigenvalue weighted by Gasteiger charge is 2.27. The summed E-state index contributed by atoms with van der Waals surface area (Å²) in [6.07, 6.45) is 10.6. The van der Waals surface area contributed by atoms with Crippen LogP contribution in [0.3, 0.4) is 0 Å². The topological polar surface area (TPSA) is 66.4 Å². The van der Waals surface area contributed by atoms with E-state index in [4.69, 9.17) is 0 Å². The first-order chi connectivity index (χ1) is 10.6. The second kappa shape index (κ2) is 6.82. The minimum absolute atomic E-state index is 0.0343. The van der Waals surface area contributed by atoms with Gasteiger partial charge in [0.15, 0.2) is 0 Å². The van der Waals surface area contributed by atoms with Gasteiger partial charge in [-0.3, -0.25) is 4.79 Å². The molecule has 1 fully saturated rings. The van der Waals surface area contributed by atoms with Gasteiger partial charge in [-0.05, 0) is 37.2 Å². The van der Waals surface area contributed by atoms with Crippen molar-refractivity contribution in [2.75, 3.05) is 5.32 Å². The van der Waals surface area contributed by atoms with Crippen molar-refractivity contribution in [3.05, 3.63) is 16.0 Å². The number of hydrogen-bond donors (Lipinski definition) is 2. The van der Waals surface area contributed by atoms with E-state index in [9.17, 15) is 14.7 Å². The zero-order valence-electron chi connectivity index (χ0n) is 12.8. The van der Waals surface area contributed by atoms with Crippen molar-refractivity contribution in [3.63, 3.8) is 0 Å². The molecule has 0 aliphatic heterocycles. The number of amides is 1. The Hall–Kier alpha value is -1.36. The van der Waals surface area contributed by atoms with E-state index >= 15 is 0 Å². The van der Waals surface area contributed by atoms with E-state index in [1.165, 1.54) is 43.4 Å². The average Bonchev–Trinajstić information content (AvgIpc) is 3.06. The van der Waals surface area contributed by atoms with Gasteiger partial charge in [0.05, 0.1) is 5.56 Å². The molecule has 0 spiro atoms. The quantitative estimate of drug-likeness (QED) is 0.852. The highest BCUT2D eigenvalue weighted by atomic mass is 32.1. The first-order valence-corrected chi connectivity index (χ1v) is 9.14. The Morgan fingerprint density at radius 1 is 1.14 bits per heavy atom. The van der Waals surface area contributed by atoms with Gasteiger partial charge in [0.2, 0.25) is 5.91 Å². The van der Waals surface area contributed by atoms with Crippen LogP contribution in [-0.4, -0.2) is 17.0 Å². The molecule has 0 unspecified atom stereocenters. The lowest BCUT2D eigenvalue weighted by Crippen LogP contribution is -2.16. The standard InChI is InChI=1S/C17H23NO3S/c19-14(10-9-11-5-2-1-3-6-11)18-16-15(17(20)21)12-7-4-8-13(12)22-16/h11H,1-10H2,(H,18,19)(H,20,21). The molecule has 0 bridgehead atoms. The normalized spacial score (nSPS) is 18.2. The van der Waals surface area contributed by atoms with E-state index in [1.807, 2.05) is 0 Å². The average molecular weight is 321 g/mol. The maximum atomic E-state index is 12.2. The van der Waals surface area contributed by atoms with Gasteiger partial charge in [-0.1, -0.05) is 32.1 Å². The number of fused-ring (bicyclic) bond motifs is 1. The number of hydrogen-bond acceptors (Lipinski definition) is 3. The molecule has 1 aromatic rings. The van der Waals surface area contributed by atoms with Gasteiger partial charge in [0, 0.05) is 11.3 Å². The first kappa shape index (κ1) is 15.5. The van der Waals surface area contributed by atoms with Crippen LogP contribution in [0.1, 0.15) is 72.2 Å². The summed E-state index contributed by atoms with van der Waals surface area (Å²) in [4.78, 5) is 24.8. The number of carbonyl (C=O) groups is 2. The highest BCUT2D eigenvalue weighted by Crippen LogP contribution is 2.39. The minimum atomic E-state index is -0.915. The summed E-state index contributed by atoms with van der Waals surface area (Å²) < 4.78 is 0. The van der Waals surface area contributed by atoms with Crippen LogP contribution in [0.5, 0.6) is 0 Å². The van der Waals surface area contributed by atoms with Gasteiger partial charge in [-0.15, -0.1) is 11.3 Å². The zero-order valence-corrected chi connectivity index (χ0v) is 13.6. The summed E-state index contributed by atoms with van der Waals surface area (Å²) in [5, 5.41) is 12.8. The summed E-state index contributed by atoms with van der Waals surface area (Å²) in [6.45, 7) is 0. The van der Waals surface area contributed by atoms with E-state index < -0.39 is 5.97 Å². The van der Waals surface area contributed by atoms with Crippen LogP contribution in [0.15, 0.2) is 0 Å². The first-order valence-electron chi connectivity index (χ1n) is 8.33. The molecular weight excluding hydrogens is 298 g/mol. The Labute approximate surface area is 134 Å². The predicted molar refractivity (Wildman–Crippen MR) is 87.7 cm³/mol. The van der Waals surface area contributed by atoms with E-state index in [1.54, 1.807) is 0 Å². The van der Waals surface area contributed by atoms with Crippen molar-refractivity contribution in [2.45, 2.75) is 64.2 Å². The molecule has 0 saturated heterocycles. The smallest absolute Gasteiger partial charge is 0.339 e. The third kappa shape index (κ3) is 3.35. The van der Waals surface area contributed by atoms with Crippen LogP contribution < -0.4 is 5.32 Å². The highest BCUT2D eigenvalue weighted by molar-refractivity contribution is 7.17. The molecule has 1 heterocycles. The molecule has 120 valence electrons. The Morgan fingerprint density at radius 3 is 2.64 bits per heavy atom. The lowest BCUT2D eigenvalue weighted by Gasteiger charge is -2.20. The number of aryl methyl sites for hydroxylation is 1. The van der Waals surface area contributed by atoms with Crippen LogP contribution in [0.25, 0.3) is 0 Å². The maximum Gasteiger partial charge on any atom is 0.339 e. The molecule has 22 heavy (non-hydrogen) atoms. The summed E-state index contributed by atoms with van der Waals surface area (Å²) >= 11 is 1.45. The van der Waals surface area contributed by atoms with Crippen LogP contribution >= 0.6 is 11.3 Å². The molecule has 2 aliphatic carbocycles. The monoisotopic (exact) mass is 321 g/mol. The Bertz CT molecular complexity index is 573. The Kier molecular flexibility index (Phi) is 4.81. The second-order valence-electron chi connectivity index (χ2n) is 6.46. The van der Waals surface area contributed by atoms with Crippen LogP contribution in [0.2, 0.25) is 0 Å². The fraction of sp³-hybridized carbons (Fsp3) is 0.647. The van der Waals surface area contributed by atoms with Gasteiger partial charge in [-0.2, -0.15) is 0 Å². The van der Waals surface area contributed by atoms with Crippen LogP contribution in [0, 0.1) is 5.92 Å². The number of carboxylic acid groups (broad SMARTS) is 1. The molecule has 2 N–H and O–H groups in total. The molecule has 0 atom stereocenters. The number of thiophene rings is 1. The second-order valence-corrected chi connectivity index (χ2v) is 7.56. The number of rotatable bonds is 5. The fourth-order valence-corrected chi connectivity index (χ4v) is 5.02. The molecule has 3 rings (SSSR count). The van der Waals surface area contributed by atoms with Crippen molar-refractivity contribution in [2.24, 2.45) is 5.92 Å². The van der Waals surface area contributed by atoms with E-state index in [-0.39, 0.29) is 5.91 Å². The summed E-state index contributed by atoms with van der Waals surface area (Å²) in [6, 6.07) is 0. The van der Waals surface area contributed by atoms with Gasteiger partial charge in [-0.25, -0.2) is 4.79 Å². The SMILES string of the molecule is O=C(CCC1CCCCC1)Nc1sc2c(c1C(=O)O)CCC2. The minimum Gasteiger partial charge on any atom is -0.478 e. The van der Waals surface area contributed by atoms with E-state index in [0.29, 0.717) is 22.9 Å². The molecule has 1 amide bonds. The van der Waals surface area contributed by atoms with Crippen molar-refractivity contribution in [1.82, 2.24) is 0 Å². The third-order valence-corrected chi connectivity index (χ3v) is 6.10. The molecule has 1 saturated carbocycles. The largest absolute Gasteiger partial charge is 0.478 e. The van der Waals surface area contributed by atoms with Crippen molar-refractivity contribution in [1.29, 1.82) is 0 Å². The lowest BCUT2D eigenvalue weighted by molar-refractivity contribution is -0.116. The van der Waals surface area contributed by atoms with Crippen molar-refractivity contribution in [3.8, 4) is 0 Å². The fourth-order valence-electron chi connectivity index (χ4n) is 3.72. The number of aromatic carboxylic acids is 1. The van der Waals surface area contributed by atoms with Gasteiger partial charge in [0.25, 0.3) is 0 Å². The lowest BCUT2D eigenvalue weighted by atomic mass is 9.86. The third-order valence-electron chi connectivity index (χ3n) is 4.89. The van der Waals surface area contributed by atoms with Gasteiger partial charge in [0.1, 0.15) is 5.00 Å². The number of nitrogens with one attached hydrogen (secondary N) is 1.